The third-order valence-corrected chi connectivity index (χ3v) is 4.74. The molecule has 2 amide bonds. The van der Waals surface area contributed by atoms with Crippen LogP contribution in [0.15, 0.2) is 42.7 Å². The predicted molar refractivity (Wildman–Crippen MR) is 104 cm³/mol. The maximum atomic E-state index is 12.7. The van der Waals surface area contributed by atoms with Crippen molar-refractivity contribution in [3.63, 3.8) is 0 Å². The number of benzene rings is 1. The van der Waals surface area contributed by atoms with E-state index in [0.717, 1.165) is 17.7 Å². The summed E-state index contributed by atoms with van der Waals surface area (Å²) in [5, 5.41) is 0. The van der Waals surface area contributed by atoms with E-state index < -0.39 is 0 Å². The molecule has 0 unspecified atom stereocenters. The van der Waals surface area contributed by atoms with Crippen molar-refractivity contribution >= 4 is 11.8 Å². The fourth-order valence-corrected chi connectivity index (χ4v) is 3.21. The number of nitrogens with zero attached hydrogens (tertiary/aromatic N) is 3. The van der Waals surface area contributed by atoms with Crippen LogP contribution in [0.5, 0.6) is 5.75 Å². The summed E-state index contributed by atoms with van der Waals surface area (Å²) in [5.74, 6) is 0.905. The quantitative estimate of drug-likeness (QED) is 0.785. The SMILES string of the molecule is CCCOc1ccc(C(=O)N2CCN(C(=O)Cc3ccn(C)c3)CC2)cc1. The maximum absolute atomic E-state index is 12.7. The molecule has 0 radical (unpaired) electrons. The van der Waals surface area contributed by atoms with Gasteiger partial charge in [-0.3, -0.25) is 9.59 Å². The second kappa shape index (κ2) is 8.75. The zero-order valence-electron chi connectivity index (χ0n) is 16.1. The highest BCUT2D eigenvalue weighted by Gasteiger charge is 2.25. The molecular formula is C21H27N3O3. The molecule has 1 aliphatic heterocycles. The summed E-state index contributed by atoms with van der Waals surface area (Å²) in [6.07, 6.45) is 5.27. The van der Waals surface area contributed by atoms with Crippen LogP contribution in [-0.4, -0.2) is 59.0 Å². The van der Waals surface area contributed by atoms with E-state index in [-0.39, 0.29) is 11.8 Å². The summed E-state index contributed by atoms with van der Waals surface area (Å²) in [6, 6.07) is 9.25. The smallest absolute Gasteiger partial charge is 0.253 e. The summed E-state index contributed by atoms with van der Waals surface area (Å²) in [7, 11) is 1.95. The molecule has 2 aromatic rings. The molecule has 6 nitrogen and oxygen atoms in total. The van der Waals surface area contributed by atoms with Gasteiger partial charge in [0.15, 0.2) is 0 Å². The summed E-state index contributed by atoms with van der Waals surface area (Å²) in [5.41, 5.74) is 1.68. The Hall–Kier alpha value is -2.76. The first-order chi connectivity index (χ1) is 13.1. The number of aryl methyl sites for hydroxylation is 1. The first kappa shape index (κ1) is 19.0. The number of amides is 2. The number of ether oxygens (including phenoxy) is 1. The normalized spacial score (nSPS) is 14.3. The summed E-state index contributed by atoms with van der Waals surface area (Å²) in [4.78, 5) is 28.8. The first-order valence-corrected chi connectivity index (χ1v) is 9.47. The van der Waals surface area contributed by atoms with Gasteiger partial charge in [0.25, 0.3) is 5.91 Å². The summed E-state index contributed by atoms with van der Waals surface area (Å²) in [6.45, 7) is 5.01. The highest BCUT2D eigenvalue weighted by atomic mass is 16.5. The van der Waals surface area contributed by atoms with Gasteiger partial charge < -0.3 is 19.1 Å². The molecule has 2 heterocycles. The number of hydrogen-bond acceptors (Lipinski definition) is 3. The lowest BCUT2D eigenvalue weighted by atomic mass is 10.1. The van der Waals surface area contributed by atoms with Gasteiger partial charge in [-0.15, -0.1) is 0 Å². The van der Waals surface area contributed by atoms with Crippen LogP contribution < -0.4 is 4.74 Å². The number of rotatable bonds is 6. The fraction of sp³-hybridized carbons (Fsp3) is 0.429. The van der Waals surface area contributed by atoms with E-state index >= 15 is 0 Å². The summed E-state index contributed by atoms with van der Waals surface area (Å²) >= 11 is 0. The fourth-order valence-electron chi connectivity index (χ4n) is 3.21. The molecule has 6 heteroatoms. The number of hydrogen-bond donors (Lipinski definition) is 0. The highest BCUT2D eigenvalue weighted by Crippen LogP contribution is 2.15. The Morgan fingerprint density at radius 1 is 1.00 bits per heavy atom. The van der Waals surface area contributed by atoms with Gasteiger partial charge in [0.2, 0.25) is 5.91 Å². The van der Waals surface area contributed by atoms with Gasteiger partial charge in [-0.2, -0.15) is 0 Å². The minimum Gasteiger partial charge on any atom is -0.494 e. The van der Waals surface area contributed by atoms with Crippen molar-refractivity contribution in [2.45, 2.75) is 19.8 Å². The molecule has 1 aromatic heterocycles. The monoisotopic (exact) mass is 369 g/mol. The minimum absolute atomic E-state index is 0.00667. The van der Waals surface area contributed by atoms with E-state index in [9.17, 15) is 9.59 Å². The van der Waals surface area contributed by atoms with Crippen LogP contribution in [0.1, 0.15) is 29.3 Å². The van der Waals surface area contributed by atoms with Crippen LogP contribution in [-0.2, 0) is 18.3 Å². The number of carbonyl (C=O) groups is 2. The van der Waals surface area contributed by atoms with Crippen LogP contribution in [0.4, 0.5) is 0 Å². The molecule has 0 atom stereocenters. The van der Waals surface area contributed by atoms with E-state index in [1.807, 2.05) is 52.0 Å². The van der Waals surface area contributed by atoms with Crippen molar-refractivity contribution in [3.05, 3.63) is 53.9 Å². The van der Waals surface area contributed by atoms with Gasteiger partial charge in [0.1, 0.15) is 5.75 Å². The lowest BCUT2D eigenvalue weighted by Gasteiger charge is -2.35. The van der Waals surface area contributed by atoms with Gasteiger partial charge in [0.05, 0.1) is 13.0 Å². The maximum Gasteiger partial charge on any atom is 0.253 e. The van der Waals surface area contributed by atoms with Crippen molar-refractivity contribution < 1.29 is 14.3 Å². The molecule has 1 saturated heterocycles. The van der Waals surface area contributed by atoms with Crippen molar-refractivity contribution in [2.24, 2.45) is 7.05 Å². The lowest BCUT2D eigenvalue weighted by Crippen LogP contribution is -2.51. The molecule has 1 fully saturated rings. The molecule has 0 bridgehead atoms. The number of carbonyl (C=O) groups excluding carboxylic acids is 2. The zero-order valence-corrected chi connectivity index (χ0v) is 16.1. The third-order valence-electron chi connectivity index (χ3n) is 4.74. The Morgan fingerprint density at radius 3 is 2.26 bits per heavy atom. The molecule has 0 saturated carbocycles. The van der Waals surface area contributed by atoms with Crippen molar-refractivity contribution in [1.82, 2.24) is 14.4 Å². The Kier molecular flexibility index (Phi) is 6.16. The molecule has 1 aromatic carbocycles. The Balaban J connectivity index is 1.50. The van der Waals surface area contributed by atoms with Crippen LogP contribution >= 0.6 is 0 Å². The van der Waals surface area contributed by atoms with Gasteiger partial charge in [-0.1, -0.05) is 6.92 Å². The second-order valence-electron chi connectivity index (χ2n) is 6.91. The van der Waals surface area contributed by atoms with Crippen LogP contribution in [0, 0.1) is 0 Å². The Morgan fingerprint density at radius 2 is 1.67 bits per heavy atom. The first-order valence-electron chi connectivity index (χ1n) is 9.47. The minimum atomic E-state index is 0.00667. The molecular weight excluding hydrogens is 342 g/mol. The molecule has 3 rings (SSSR count). The molecule has 144 valence electrons. The third kappa shape index (κ3) is 4.90. The average molecular weight is 369 g/mol. The average Bonchev–Trinajstić information content (AvgIpc) is 3.11. The number of aromatic nitrogens is 1. The molecule has 0 N–H and O–H groups in total. The van der Waals surface area contributed by atoms with E-state index in [1.54, 1.807) is 12.1 Å². The van der Waals surface area contributed by atoms with E-state index in [1.165, 1.54) is 0 Å². The molecule has 27 heavy (non-hydrogen) atoms. The van der Waals surface area contributed by atoms with Gasteiger partial charge in [-0.05, 0) is 42.3 Å². The number of piperazine rings is 1. The van der Waals surface area contributed by atoms with Gasteiger partial charge in [-0.25, -0.2) is 0 Å². The molecule has 1 aliphatic rings. The standard InChI is InChI=1S/C21H27N3O3/c1-3-14-27-19-6-4-18(5-7-19)21(26)24-12-10-23(11-13-24)20(25)15-17-8-9-22(2)16-17/h4-9,16H,3,10-15H2,1-2H3. The largest absolute Gasteiger partial charge is 0.494 e. The van der Waals surface area contributed by atoms with Crippen LogP contribution in [0.25, 0.3) is 0 Å². The van der Waals surface area contributed by atoms with E-state index in [2.05, 4.69) is 6.92 Å². The highest BCUT2D eigenvalue weighted by molar-refractivity contribution is 5.94. The van der Waals surface area contributed by atoms with E-state index in [4.69, 9.17) is 4.74 Å². The lowest BCUT2D eigenvalue weighted by molar-refractivity contribution is -0.131. The summed E-state index contributed by atoms with van der Waals surface area (Å²) < 4.78 is 7.50. The van der Waals surface area contributed by atoms with Gasteiger partial charge in [0, 0.05) is 51.2 Å². The van der Waals surface area contributed by atoms with Crippen molar-refractivity contribution in [3.8, 4) is 5.75 Å². The van der Waals surface area contributed by atoms with Crippen LogP contribution in [0.2, 0.25) is 0 Å². The molecule has 0 aliphatic carbocycles. The van der Waals surface area contributed by atoms with E-state index in [0.29, 0.717) is 44.8 Å². The van der Waals surface area contributed by atoms with Gasteiger partial charge >= 0.3 is 0 Å². The Bertz CT molecular complexity index is 774. The molecule has 0 spiro atoms. The van der Waals surface area contributed by atoms with Crippen molar-refractivity contribution in [1.29, 1.82) is 0 Å². The van der Waals surface area contributed by atoms with Crippen molar-refractivity contribution in [2.75, 3.05) is 32.8 Å². The second-order valence-corrected chi connectivity index (χ2v) is 6.91. The predicted octanol–water partition coefficient (Wildman–Crippen LogP) is 2.34. The van der Waals surface area contributed by atoms with Crippen LogP contribution in [0.3, 0.4) is 0 Å². The zero-order chi connectivity index (χ0) is 19.2. The Labute approximate surface area is 160 Å². The topological polar surface area (TPSA) is 54.8 Å².